The van der Waals surface area contributed by atoms with Gasteiger partial charge in [0.25, 0.3) is 0 Å². The van der Waals surface area contributed by atoms with Gasteiger partial charge in [0.2, 0.25) is 5.91 Å². The fraction of sp³-hybridized carbons (Fsp3) is 0.500. The van der Waals surface area contributed by atoms with Crippen molar-refractivity contribution in [2.75, 3.05) is 25.0 Å². The van der Waals surface area contributed by atoms with E-state index in [1.54, 1.807) is 0 Å². The molecule has 1 aromatic rings. The molecule has 0 aliphatic heterocycles. The fourth-order valence-corrected chi connectivity index (χ4v) is 1.57. The van der Waals surface area contributed by atoms with Gasteiger partial charge in [-0.3, -0.25) is 4.79 Å². The SMILES string of the molecule is CCNCCC(=O)Nc1ccccc1COCC. The number of hydrogen-bond acceptors (Lipinski definition) is 3. The first-order valence-electron chi connectivity index (χ1n) is 6.44. The van der Waals surface area contributed by atoms with Crippen LogP contribution in [-0.2, 0) is 16.1 Å². The number of rotatable bonds is 8. The van der Waals surface area contributed by atoms with E-state index in [9.17, 15) is 4.79 Å². The van der Waals surface area contributed by atoms with Crippen LogP contribution < -0.4 is 10.6 Å². The van der Waals surface area contributed by atoms with Gasteiger partial charge in [-0.25, -0.2) is 0 Å². The van der Waals surface area contributed by atoms with Gasteiger partial charge in [0, 0.05) is 30.8 Å². The van der Waals surface area contributed by atoms with Crippen LogP contribution in [0.15, 0.2) is 24.3 Å². The summed E-state index contributed by atoms with van der Waals surface area (Å²) in [5, 5.41) is 6.05. The zero-order valence-electron chi connectivity index (χ0n) is 11.2. The molecule has 4 heteroatoms. The first-order chi connectivity index (χ1) is 8.77. The minimum Gasteiger partial charge on any atom is -0.377 e. The van der Waals surface area contributed by atoms with Crippen molar-refractivity contribution in [1.29, 1.82) is 0 Å². The Hall–Kier alpha value is -1.39. The summed E-state index contributed by atoms with van der Waals surface area (Å²) < 4.78 is 5.38. The molecular weight excluding hydrogens is 228 g/mol. The Labute approximate surface area is 109 Å². The zero-order chi connectivity index (χ0) is 13.2. The van der Waals surface area contributed by atoms with E-state index in [1.807, 2.05) is 38.1 Å². The molecule has 0 unspecified atom stereocenters. The number of carbonyl (C=O) groups is 1. The van der Waals surface area contributed by atoms with Gasteiger partial charge >= 0.3 is 0 Å². The van der Waals surface area contributed by atoms with Crippen LogP contribution in [0.3, 0.4) is 0 Å². The van der Waals surface area contributed by atoms with Gasteiger partial charge in [0.15, 0.2) is 0 Å². The Bertz CT molecular complexity index is 367. The maximum Gasteiger partial charge on any atom is 0.225 e. The lowest BCUT2D eigenvalue weighted by molar-refractivity contribution is -0.116. The van der Waals surface area contributed by atoms with Gasteiger partial charge in [0.1, 0.15) is 0 Å². The van der Waals surface area contributed by atoms with E-state index in [0.717, 1.165) is 17.8 Å². The van der Waals surface area contributed by atoms with Gasteiger partial charge in [-0.1, -0.05) is 25.1 Å². The van der Waals surface area contributed by atoms with Crippen molar-refractivity contribution < 1.29 is 9.53 Å². The van der Waals surface area contributed by atoms with E-state index in [4.69, 9.17) is 4.74 Å². The summed E-state index contributed by atoms with van der Waals surface area (Å²) in [5.74, 6) is 0.0277. The van der Waals surface area contributed by atoms with Crippen molar-refractivity contribution in [3.8, 4) is 0 Å². The van der Waals surface area contributed by atoms with Crippen LogP contribution >= 0.6 is 0 Å². The number of nitrogens with one attached hydrogen (secondary N) is 2. The van der Waals surface area contributed by atoms with Crippen LogP contribution in [0.4, 0.5) is 5.69 Å². The molecule has 0 saturated carbocycles. The summed E-state index contributed by atoms with van der Waals surface area (Å²) in [7, 11) is 0. The molecule has 0 fully saturated rings. The Morgan fingerprint density at radius 3 is 2.78 bits per heavy atom. The number of para-hydroxylation sites is 1. The number of amides is 1. The summed E-state index contributed by atoms with van der Waals surface area (Å²) in [6.07, 6.45) is 0.483. The van der Waals surface area contributed by atoms with E-state index in [-0.39, 0.29) is 5.91 Å². The minimum atomic E-state index is 0.0277. The van der Waals surface area contributed by atoms with Gasteiger partial charge in [-0.2, -0.15) is 0 Å². The van der Waals surface area contributed by atoms with Crippen LogP contribution in [0.2, 0.25) is 0 Å². The van der Waals surface area contributed by atoms with Crippen molar-refractivity contribution in [2.24, 2.45) is 0 Å². The molecular formula is C14H22N2O2. The normalized spacial score (nSPS) is 10.3. The summed E-state index contributed by atoms with van der Waals surface area (Å²) in [6, 6.07) is 7.73. The first-order valence-corrected chi connectivity index (χ1v) is 6.44. The molecule has 0 saturated heterocycles. The third kappa shape index (κ3) is 5.29. The Balaban J connectivity index is 2.51. The van der Waals surface area contributed by atoms with Crippen molar-refractivity contribution in [3.63, 3.8) is 0 Å². The average Bonchev–Trinajstić information content (AvgIpc) is 2.38. The number of carbonyl (C=O) groups excluding carboxylic acids is 1. The van der Waals surface area contributed by atoms with Crippen molar-refractivity contribution in [2.45, 2.75) is 26.9 Å². The smallest absolute Gasteiger partial charge is 0.225 e. The van der Waals surface area contributed by atoms with Crippen LogP contribution in [0, 0.1) is 0 Å². The molecule has 0 aromatic heterocycles. The predicted octanol–water partition coefficient (Wildman–Crippen LogP) is 2.16. The van der Waals surface area contributed by atoms with Gasteiger partial charge in [0.05, 0.1) is 6.61 Å². The van der Waals surface area contributed by atoms with Crippen molar-refractivity contribution in [1.82, 2.24) is 5.32 Å². The number of hydrogen-bond donors (Lipinski definition) is 2. The highest BCUT2D eigenvalue weighted by Crippen LogP contribution is 2.16. The summed E-state index contributed by atoms with van der Waals surface area (Å²) in [4.78, 5) is 11.7. The standard InChI is InChI=1S/C14H22N2O2/c1-3-15-10-9-14(17)16-13-8-6-5-7-12(13)11-18-4-2/h5-8,15H,3-4,9-11H2,1-2H3,(H,16,17). The van der Waals surface area contributed by atoms with Gasteiger partial charge in [-0.15, -0.1) is 0 Å². The summed E-state index contributed by atoms with van der Waals surface area (Å²) >= 11 is 0. The molecule has 0 spiro atoms. The summed E-state index contributed by atoms with van der Waals surface area (Å²) in [6.45, 7) is 6.76. The third-order valence-corrected chi connectivity index (χ3v) is 2.53. The molecule has 0 aliphatic rings. The Morgan fingerprint density at radius 1 is 1.28 bits per heavy atom. The summed E-state index contributed by atoms with van der Waals surface area (Å²) in [5.41, 5.74) is 1.85. The lowest BCUT2D eigenvalue weighted by Crippen LogP contribution is -2.21. The molecule has 2 N–H and O–H groups in total. The second-order valence-electron chi connectivity index (χ2n) is 3.95. The number of ether oxygens (including phenoxy) is 1. The van der Waals surface area contributed by atoms with Crippen molar-refractivity contribution >= 4 is 11.6 Å². The molecule has 18 heavy (non-hydrogen) atoms. The molecule has 0 aliphatic carbocycles. The lowest BCUT2D eigenvalue weighted by atomic mass is 10.2. The second kappa shape index (κ2) is 8.66. The highest BCUT2D eigenvalue weighted by atomic mass is 16.5. The topological polar surface area (TPSA) is 50.4 Å². The third-order valence-electron chi connectivity index (χ3n) is 2.53. The predicted molar refractivity (Wildman–Crippen MR) is 73.6 cm³/mol. The van der Waals surface area contributed by atoms with E-state index in [2.05, 4.69) is 10.6 Å². The highest BCUT2D eigenvalue weighted by Gasteiger charge is 2.05. The number of benzene rings is 1. The van der Waals surface area contributed by atoms with Gasteiger partial charge in [-0.05, 0) is 19.5 Å². The molecule has 1 rings (SSSR count). The number of anilines is 1. The molecule has 0 atom stereocenters. The maximum atomic E-state index is 11.7. The highest BCUT2D eigenvalue weighted by molar-refractivity contribution is 5.91. The van der Waals surface area contributed by atoms with E-state index in [1.165, 1.54) is 0 Å². The van der Waals surface area contributed by atoms with E-state index in [0.29, 0.717) is 26.2 Å². The largest absolute Gasteiger partial charge is 0.377 e. The molecule has 0 heterocycles. The first kappa shape index (κ1) is 14.7. The molecule has 1 aromatic carbocycles. The molecule has 1 amide bonds. The van der Waals surface area contributed by atoms with Crippen LogP contribution in [0.1, 0.15) is 25.8 Å². The fourth-order valence-electron chi connectivity index (χ4n) is 1.57. The van der Waals surface area contributed by atoms with E-state index >= 15 is 0 Å². The molecule has 100 valence electrons. The zero-order valence-corrected chi connectivity index (χ0v) is 11.2. The van der Waals surface area contributed by atoms with E-state index < -0.39 is 0 Å². The van der Waals surface area contributed by atoms with Crippen molar-refractivity contribution in [3.05, 3.63) is 29.8 Å². The Kier molecular flexibility index (Phi) is 7.06. The molecule has 0 bridgehead atoms. The van der Waals surface area contributed by atoms with Crippen LogP contribution in [0.5, 0.6) is 0 Å². The second-order valence-corrected chi connectivity index (χ2v) is 3.95. The lowest BCUT2D eigenvalue weighted by Gasteiger charge is -2.11. The monoisotopic (exact) mass is 250 g/mol. The quantitative estimate of drug-likeness (QED) is 0.695. The van der Waals surface area contributed by atoms with Crippen LogP contribution in [0.25, 0.3) is 0 Å². The minimum absolute atomic E-state index is 0.0277. The molecule has 4 nitrogen and oxygen atoms in total. The maximum absolute atomic E-state index is 11.7. The van der Waals surface area contributed by atoms with Gasteiger partial charge < -0.3 is 15.4 Å². The molecule has 0 radical (unpaired) electrons. The Morgan fingerprint density at radius 2 is 2.06 bits per heavy atom. The van der Waals surface area contributed by atoms with Crippen LogP contribution in [-0.4, -0.2) is 25.6 Å². The average molecular weight is 250 g/mol.